The molecule has 2 aromatic rings. The maximum atomic E-state index is 13.9. The molecule has 1 atom stereocenters. The van der Waals surface area contributed by atoms with Crippen molar-refractivity contribution >= 4 is 33.2 Å². The summed E-state index contributed by atoms with van der Waals surface area (Å²) in [5.74, 6) is 0. The molecule has 146 valence electrons. The van der Waals surface area contributed by atoms with Gasteiger partial charge < -0.3 is 4.84 Å². The molecule has 1 aliphatic heterocycles. The molecule has 12 heteroatoms. The van der Waals surface area contributed by atoms with Crippen molar-refractivity contribution in [1.29, 1.82) is 0 Å². The van der Waals surface area contributed by atoms with Gasteiger partial charge in [0, 0.05) is 23.3 Å². The molecule has 1 unspecified atom stereocenters. The summed E-state index contributed by atoms with van der Waals surface area (Å²) in [4.78, 5) is 4.64. The van der Waals surface area contributed by atoms with Crippen LogP contribution < -0.4 is 0 Å². The summed E-state index contributed by atoms with van der Waals surface area (Å²) in [6.07, 6.45) is -10.6. The summed E-state index contributed by atoms with van der Waals surface area (Å²) in [6.45, 7) is 0. The first-order chi connectivity index (χ1) is 12.3. The normalized spacial score (nSPS) is 20.6. The second-order valence-electron chi connectivity index (χ2n) is 5.82. The number of aryl methyl sites for hydroxylation is 1. The van der Waals surface area contributed by atoms with Gasteiger partial charge in [0.05, 0.1) is 22.7 Å². The van der Waals surface area contributed by atoms with E-state index in [1.165, 1.54) is 18.2 Å². The Balaban J connectivity index is 2.10. The fourth-order valence-electron chi connectivity index (χ4n) is 2.71. The summed E-state index contributed by atoms with van der Waals surface area (Å²) >= 11 is 8.99. The first-order valence-corrected chi connectivity index (χ1v) is 8.41. The van der Waals surface area contributed by atoms with Crippen LogP contribution in [0.4, 0.5) is 26.3 Å². The number of alkyl halides is 6. The van der Waals surface area contributed by atoms with Gasteiger partial charge in [-0.1, -0.05) is 22.8 Å². The van der Waals surface area contributed by atoms with Gasteiger partial charge in [-0.2, -0.15) is 31.4 Å². The van der Waals surface area contributed by atoms with Crippen molar-refractivity contribution < 1.29 is 31.2 Å². The van der Waals surface area contributed by atoms with E-state index in [0.717, 1.165) is 7.05 Å². The molecule has 0 bridgehead atoms. The highest BCUT2D eigenvalue weighted by molar-refractivity contribution is 9.10. The number of nitrogens with zero attached hydrogens (tertiary/aromatic N) is 3. The molecule has 0 aliphatic carbocycles. The molecule has 0 radical (unpaired) electrons. The van der Waals surface area contributed by atoms with Crippen LogP contribution in [0.5, 0.6) is 0 Å². The highest BCUT2D eigenvalue weighted by Gasteiger charge is 2.65. The van der Waals surface area contributed by atoms with Gasteiger partial charge in [0.2, 0.25) is 0 Å². The standard InChI is InChI=1S/C15H9BrClF6N3O/c1-26-6-8(12(24-26)14(18,19)20)13(15(21,22)23)5-11(25-27-13)7-2-3-10(17)9(16)4-7/h2-4,6H,5H2,1H3. The van der Waals surface area contributed by atoms with Crippen LogP contribution in [0.1, 0.15) is 23.2 Å². The Morgan fingerprint density at radius 1 is 1.22 bits per heavy atom. The SMILES string of the molecule is Cn1cc(C2(C(F)(F)F)CC(c3ccc(Cl)c(Br)c3)=NO2)c(C(F)(F)F)n1. The number of rotatable bonds is 2. The van der Waals surface area contributed by atoms with Gasteiger partial charge in [-0.15, -0.1) is 0 Å². The molecular formula is C15H9BrClF6N3O. The molecule has 0 saturated carbocycles. The van der Waals surface area contributed by atoms with Crippen molar-refractivity contribution in [2.75, 3.05) is 0 Å². The summed E-state index contributed by atoms with van der Waals surface area (Å²) in [5, 5.41) is 6.89. The fourth-order valence-corrected chi connectivity index (χ4v) is 3.20. The van der Waals surface area contributed by atoms with Gasteiger partial charge in [-0.3, -0.25) is 4.68 Å². The number of hydrogen-bond acceptors (Lipinski definition) is 3. The van der Waals surface area contributed by atoms with E-state index >= 15 is 0 Å². The second-order valence-corrected chi connectivity index (χ2v) is 7.08. The number of oxime groups is 1. The van der Waals surface area contributed by atoms with Crippen molar-refractivity contribution in [1.82, 2.24) is 9.78 Å². The van der Waals surface area contributed by atoms with Crippen molar-refractivity contribution in [2.45, 2.75) is 24.4 Å². The molecule has 0 fully saturated rings. The van der Waals surface area contributed by atoms with Crippen LogP contribution in [0.2, 0.25) is 5.02 Å². The lowest BCUT2D eigenvalue weighted by Gasteiger charge is -2.29. The Morgan fingerprint density at radius 2 is 1.89 bits per heavy atom. The van der Waals surface area contributed by atoms with Gasteiger partial charge >= 0.3 is 12.4 Å². The van der Waals surface area contributed by atoms with Crippen LogP contribution in [0, 0.1) is 0 Å². The topological polar surface area (TPSA) is 39.4 Å². The smallest absolute Gasteiger partial charge is 0.374 e. The van der Waals surface area contributed by atoms with Crippen LogP contribution in [-0.2, 0) is 23.7 Å². The highest BCUT2D eigenvalue weighted by atomic mass is 79.9. The van der Waals surface area contributed by atoms with Crippen molar-refractivity contribution in [3.63, 3.8) is 0 Å². The Kier molecular flexibility index (Phi) is 4.74. The second kappa shape index (κ2) is 6.40. The Morgan fingerprint density at radius 3 is 2.44 bits per heavy atom. The van der Waals surface area contributed by atoms with Gasteiger partial charge in [-0.25, -0.2) is 0 Å². The third-order valence-corrected chi connectivity index (χ3v) is 5.19. The molecule has 27 heavy (non-hydrogen) atoms. The number of hydrogen-bond donors (Lipinski definition) is 0. The molecule has 4 nitrogen and oxygen atoms in total. The molecule has 0 saturated heterocycles. The lowest BCUT2D eigenvalue weighted by molar-refractivity contribution is -0.277. The van der Waals surface area contributed by atoms with E-state index < -0.39 is 35.6 Å². The van der Waals surface area contributed by atoms with Gasteiger partial charge in [0.15, 0.2) is 5.69 Å². The van der Waals surface area contributed by atoms with Crippen molar-refractivity contribution in [2.24, 2.45) is 12.2 Å². The number of benzene rings is 1. The van der Waals surface area contributed by atoms with E-state index in [0.29, 0.717) is 20.4 Å². The third-order valence-electron chi connectivity index (χ3n) is 3.97. The van der Waals surface area contributed by atoms with Gasteiger partial charge in [0.25, 0.3) is 5.60 Å². The zero-order chi connectivity index (χ0) is 20.2. The fraction of sp³-hybridized carbons (Fsp3) is 0.333. The molecule has 0 spiro atoms. The van der Waals surface area contributed by atoms with Crippen molar-refractivity contribution in [3.8, 4) is 0 Å². The maximum absolute atomic E-state index is 13.9. The quantitative estimate of drug-likeness (QED) is 0.542. The van der Waals surface area contributed by atoms with Crippen molar-refractivity contribution in [3.05, 3.63) is 50.7 Å². The van der Waals surface area contributed by atoms with E-state index in [1.54, 1.807) is 0 Å². The van der Waals surface area contributed by atoms with E-state index in [-0.39, 0.29) is 11.3 Å². The monoisotopic (exact) mass is 475 g/mol. The summed E-state index contributed by atoms with van der Waals surface area (Å²) in [6, 6.07) is 4.23. The van der Waals surface area contributed by atoms with Gasteiger partial charge in [-0.05, 0) is 28.1 Å². The highest BCUT2D eigenvalue weighted by Crippen LogP contribution is 2.51. The van der Waals surface area contributed by atoms with Gasteiger partial charge in [0.1, 0.15) is 0 Å². The minimum absolute atomic E-state index is 0.165. The Hall–Kier alpha value is -1.75. The van der Waals surface area contributed by atoms with E-state index in [9.17, 15) is 26.3 Å². The molecule has 2 heterocycles. The third kappa shape index (κ3) is 3.42. The first-order valence-electron chi connectivity index (χ1n) is 7.23. The predicted octanol–water partition coefficient (Wildman–Crippen LogP) is 5.44. The predicted molar refractivity (Wildman–Crippen MR) is 87.3 cm³/mol. The lowest BCUT2D eigenvalue weighted by atomic mass is 9.86. The average Bonchev–Trinajstić information content (AvgIpc) is 3.13. The van der Waals surface area contributed by atoms with E-state index in [1.807, 2.05) is 0 Å². The van der Waals surface area contributed by atoms with Crippen LogP contribution in [0.3, 0.4) is 0 Å². The Bertz CT molecular complexity index is 923. The maximum Gasteiger partial charge on any atom is 0.435 e. The Labute approximate surface area is 161 Å². The minimum Gasteiger partial charge on any atom is -0.374 e. The molecule has 0 N–H and O–H groups in total. The van der Waals surface area contributed by atoms with E-state index in [4.69, 9.17) is 11.6 Å². The molecule has 3 rings (SSSR count). The molecule has 0 amide bonds. The van der Waals surface area contributed by atoms with Crippen LogP contribution in [-0.4, -0.2) is 21.7 Å². The van der Waals surface area contributed by atoms with E-state index in [2.05, 4.69) is 31.0 Å². The van der Waals surface area contributed by atoms with Crippen LogP contribution in [0.15, 0.2) is 34.0 Å². The largest absolute Gasteiger partial charge is 0.435 e. The van der Waals surface area contributed by atoms with Crippen LogP contribution >= 0.6 is 27.5 Å². The zero-order valence-corrected chi connectivity index (χ0v) is 15.6. The van der Waals surface area contributed by atoms with Crippen LogP contribution in [0.25, 0.3) is 0 Å². The average molecular weight is 477 g/mol. The number of aromatic nitrogens is 2. The lowest BCUT2D eigenvalue weighted by Crippen LogP contribution is -2.43. The summed E-state index contributed by atoms with van der Waals surface area (Å²) in [5.41, 5.74) is -6.04. The minimum atomic E-state index is -5.18. The first kappa shape index (κ1) is 20.0. The summed E-state index contributed by atoms with van der Waals surface area (Å²) in [7, 11) is 1.09. The number of halogens is 8. The molecule has 1 aliphatic rings. The molecule has 1 aromatic heterocycles. The zero-order valence-electron chi connectivity index (χ0n) is 13.3. The molecule has 1 aromatic carbocycles. The molecular weight excluding hydrogens is 468 g/mol. The summed E-state index contributed by atoms with van der Waals surface area (Å²) < 4.78 is 82.4.